The fraction of sp³-hybridized carbons (Fsp3) is 0.500. The number of carbonyl (C=O) groups excluding carboxylic acids is 1. The topological polar surface area (TPSA) is 88.9 Å². The van der Waals surface area contributed by atoms with Crippen LogP contribution in [0.2, 0.25) is 0 Å². The van der Waals surface area contributed by atoms with Crippen LogP contribution in [0.15, 0.2) is 30.3 Å². The van der Waals surface area contributed by atoms with E-state index in [4.69, 9.17) is 5.10 Å². The summed E-state index contributed by atoms with van der Waals surface area (Å²) >= 11 is 0. The number of aromatic nitrogens is 2. The summed E-state index contributed by atoms with van der Waals surface area (Å²) in [7, 11) is 1.75. The van der Waals surface area contributed by atoms with E-state index in [0.717, 1.165) is 60.4 Å². The molecule has 0 bridgehead atoms. The maximum Gasteiger partial charge on any atom is 0.256 e. The van der Waals surface area contributed by atoms with E-state index >= 15 is 0 Å². The van der Waals surface area contributed by atoms with Crippen LogP contribution in [-0.2, 0) is 30.8 Å². The van der Waals surface area contributed by atoms with Crippen molar-refractivity contribution in [3.05, 3.63) is 58.5 Å². The first-order valence-corrected chi connectivity index (χ1v) is 13.5. The second kappa shape index (κ2) is 11.4. The summed E-state index contributed by atoms with van der Waals surface area (Å²) in [6.45, 7) is 8.62. The van der Waals surface area contributed by atoms with Gasteiger partial charge in [-0.15, -0.1) is 0 Å². The molecule has 0 aliphatic carbocycles. The van der Waals surface area contributed by atoms with Gasteiger partial charge in [0.1, 0.15) is 12.0 Å². The molecule has 0 saturated heterocycles. The van der Waals surface area contributed by atoms with Crippen LogP contribution in [0.5, 0.6) is 0 Å². The van der Waals surface area contributed by atoms with Gasteiger partial charge in [-0.1, -0.05) is 13.0 Å². The smallest absolute Gasteiger partial charge is 0.256 e. The Morgan fingerprint density at radius 2 is 2.03 bits per heavy atom. The highest BCUT2D eigenvalue weighted by Gasteiger charge is 2.28. The van der Waals surface area contributed by atoms with Crippen LogP contribution in [0, 0.1) is 12.7 Å². The minimum absolute atomic E-state index is 0.0869. The van der Waals surface area contributed by atoms with Gasteiger partial charge in [0.25, 0.3) is 5.91 Å². The predicted molar refractivity (Wildman–Crippen MR) is 146 cm³/mol. The van der Waals surface area contributed by atoms with Crippen molar-refractivity contribution in [1.82, 2.24) is 30.4 Å². The monoisotopic (exact) mass is 523 g/mol. The number of nitrogens with zero attached hydrogens (tertiary/aromatic N) is 5. The molecule has 10 heteroatoms. The van der Waals surface area contributed by atoms with Crippen molar-refractivity contribution in [2.45, 2.75) is 52.6 Å². The van der Waals surface area contributed by atoms with Crippen LogP contribution in [0.1, 0.15) is 35.7 Å². The van der Waals surface area contributed by atoms with Crippen LogP contribution < -0.4 is 15.5 Å². The molecule has 2 aliphatic heterocycles. The van der Waals surface area contributed by atoms with Crippen molar-refractivity contribution in [1.29, 1.82) is 0 Å². The van der Waals surface area contributed by atoms with Crippen LogP contribution in [0.4, 0.5) is 10.1 Å². The fourth-order valence-corrected chi connectivity index (χ4v) is 5.52. The molecule has 0 fully saturated rings. The number of rotatable bonds is 11. The Morgan fingerprint density at radius 1 is 1.21 bits per heavy atom. The van der Waals surface area contributed by atoms with Gasteiger partial charge < -0.3 is 15.3 Å². The average molecular weight is 524 g/mol. The number of hydrogen-bond acceptors (Lipinski definition) is 7. The number of aliphatic hydroxyl groups excluding tert-OH is 1. The number of benzene rings is 2. The molecule has 1 atom stereocenters. The third-order valence-electron chi connectivity index (χ3n) is 7.60. The molecular weight excluding hydrogens is 485 g/mol. The maximum atomic E-state index is 13.7. The maximum absolute atomic E-state index is 13.7. The number of halogens is 1. The molecule has 204 valence electrons. The highest BCUT2D eigenvalue weighted by molar-refractivity contribution is 5.88. The van der Waals surface area contributed by atoms with Crippen molar-refractivity contribution in [3.63, 3.8) is 0 Å². The van der Waals surface area contributed by atoms with Crippen LogP contribution >= 0.6 is 0 Å². The molecular formula is C28H38FN7O2. The first-order valence-electron chi connectivity index (χ1n) is 13.5. The van der Waals surface area contributed by atoms with Gasteiger partial charge in [-0.2, -0.15) is 5.10 Å². The summed E-state index contributed by atoms with van der Waals surface area (Å²) in [6, 6.07) is 8.98. The fourth-order valence-electron chi connectivity index (χ4n) is 5.52. The molecule has 3 heterocycles. The number of aliphatic hydroxyl groups is 1. The number of hydrogen-bond donors (Lipinski definition) is 3. The van der Waals surface area contributed by atoms with E-state index in [2.05, 4.69) is 21.4 Å². The Morgan fingerprint density at radius 3 is 2.84 bits per heavy atom. The Hall–Kier alpha value is -3.05. The average Bonchev–Trinajstić information content (AvgIpc) is 3.60. The number of nitrogens with one attached hydrogen (secondary N) is 2. The molecule has 5 rings (SSSR count). The van der Waals surface area contributed by atoms with E-state index in [-0.39, 0.29) is 24.8 Å². The summed E-state index contributed by atoms with van der Waals surface area (Å²) in [5.41, 5.74) is 6.04. The molecule has 1 unspecified atom stereocenters. The Labute approximate surface area is 223 Å². The number of hydrazine groups is 1. The van der Waals surface area contributed by atoms with Crippen molar-refractivity contribution < 1.29 is 14.3 Å². The second-order valence-corrected chi connectivity index (χ2v) is 10.3. The van der Waals surface area contributed by atoms with E-state index in [9.17, 15) is 14.3 Å². The summed E-state index contributed by atoms with van der Waals surface area (Å²) < 4.78 is 15.8. The van der Waals surface area contributed by atoms with E-state index < -0.39 is 6.23 Å². The van der Waals surface area contributed by atoms with Gasteiger partial charge in [0.15, 0.2) is 0 Å². The zero-order chi connectivity index (χ0) is 26.8. The van der Waals surface area contributed by atoms with Crippen molar-refractivity contribution in [3.8, 4) is 0 Å². The Kier molecular flexibility index (Phi) is 7.94. The molecule has 38 heavy (non-hydrogen) atoms. The minimum atomic E-state index is -0.812. The van der Waals surface area contributed by atoms with Gasteiger partial charge in [-0.25, -0.2) is 9.40 Å². The number of likely N-dealkylation sites (N-methyl/N-ethyl adjacent to an activating group) is 2. The van der Waals surface area contributed by atoms with Crippen molar-refractivity contribution in [2.75, 3.05) is 44.7 Å². The zero-order valence-electron chi connectivity index (χ0n) is 22.5. The van der Waals surface area contributed by atoms with Gasteiger partial charge >= 0.3 is 0 Å². The number of fused-ring (bicyclic) bond motifs is 4. The van der Waals surface area contributed by atoms with Gasteiger partial charge in [0, 0.05) is 56.5 Å². The first kappa shape index (κ1) is 26.6. The number of carbonyl (C=O) groups is 1. The van der Waals surface area contributed by atoms with Gasteiger partial charge in [0.05, 0.1) is 18.6 Å². The molecule has 2 aromatic carbocycles. The lowest BCUT2D eigenvalue weighted by Crippen LogP contribution is -2.49. The lowest BCUT2D eigenvalue weighted by atomic mass is 10.1. The zero-order valence-corrected chi connectivity index (χ0v) is 22.5. The van der Waals surface area contributed by atoms with E-state index in [1.165, 1.54) is 23.2 Å². The molecule has 0 radical (unpaired) electrons. The number of anilines is 1. The molecule has 1 amide bonds. The highest BCUT2D eigenvalue weighted by atomic mass is 19.1. The third-order valence-corrected chi connectivity index (χ3v) is 7.60. The lowest BCUT2D eigenvalue weighted by Gasteiger charge is -2.33. The standard InChI is InChI=1S/C28H38FN7O2/c1-4-30-9-10-31-27(37)17-34(26-14-24-23(12-19(26)2)25-6-5-11-36(25)32-24)18-28(38)33(3)35-15-20-7-8-22(29)13-21(20)16-35/h7-8,12-14,27,30-31,37H,4-6,9-11,15-18H2,1-3H3. The Balaban J connectivity index is 1.35. The van der Waals surface area contributed by atoms with Crippen LogP contribution in [0.3, 0.4) is 0 Å². The van der Waals surface area contributed by atoms with E-state index in [1.54, 1.807) is 18.1 Å². The number of amides is 1. The quantitative estimate of drug-likeness (QED) is 0.262. The summed E-state index contributed by atoms with van der Waals surface area (Å²) in [6.07, 6.45) is 1.33. The molecule has 3 N–H and O–H groups in total. The molecule has 2 aliphatic rings. The predicted octanol–water partition coefficient (Wildman–Crippen LogP) is 2.14. The first-order chi connectivity index (χ1) is 18.3. The molecule has 0 saturated carbocycles. The minimum Gasteiger partial charge on any atom is -0.377 e. The van der Waals surface area contributed by atoms with Gasteiger partial charge in [-0.3, -0.25) is 19.8 Å². The number of aryl methyl sites for hydroxylation is 3. The second-order valence-electron chi connectivity index (χ2n) is 10.3. The SMILES string of the molecule is CCNCCNC(O)CN(CC(=O)N(C)N1Cc2ccc(F)cc2C1)c1cc2nn3c(c2cc1C)CCC3. The largest absolute Gasteiger partial charge is 0.377 e. The van der Waals surface area contributed by atoms with Crippen molar-refractivity contribution >= 4 is 22.5 Å². The van der Waals surface area contributed by atoms with Crippen LogP contribution in [0.25, 0.3) is 10.9 Å². The molecule has 0 spiro atoms. The van der Waals surface area contributed by atoms with Gasteiger partial charge in [0.2, 0.25) is 0 Å². The molecule has 9 nitrogen and oxygen atoms in total. The third kappa shape index (κ3) is 5.54. The van der Waals surface area contributed by atoms with Crippen LogP contribution in [-0.4, -0.2) is 76.8 Å². The van der Waals surface area contributed by atoms with Gasteiger partial charge in [-0.05, 0) is 67.3 Å². The molecule has 3 aromatic rings. The summed E-state index contributed by atoms with van der Waals surface area (Å²) in [4.78, 5) is 15.5. The highest BCUT2D eigenvalue weighted by Crippen LogP contribution is 2.31. The van der Waals surface area contributed by atoms with E-state index in [1.807, 2.05) is 29.8 Å². The Bertz CT molecular complexity index is 1310. The normalized spacial score (nSPS) is 15.6. The summed E-state index contributed by atoms with van der Waals surface area (Å²) in [5.74, 6) is -0.373. The lowest BCUT2D eigenvalue weighted by molar-refractivity contribution is -0.145. The summed E-state index contributed by atoms with van der Waals surface area (Å²) in [5, 5.41) is 26.7. The van der Waals surface area contributed by atoms with E-state index in [0.29, 0.717) is 19.6 Å². The van der Waals surface area contributed by atoms with Crippen molar-refractivity contribution in [2.24, 2.45) is 0 Å². The molecule has 1 aromatic heterocycles.